The van der Waals surface area contributed by atoms with E-state index < -0.39 is 22.9 Å². The molecule has 5 aromatic rings. The van der Waals surface area contributed by atoms with Crippen molar-refractivity contribution in [2.75, 3.05) is 10.6 Å². The van der Waals surface area contributed by atoms with Crippen LogP contribution in [0.2, 0.25) is 0 Å². The van der Waals surface area contributed by atoms with E-state index in [0.29, 0.717) is 32.8 Å². The lowest BCUT2D eigenvalue weighted by Crippen LogP contribution is -2.30. The topological polar surface area (TPSA) is 121 Å². The molecule has 3 amide bonds. The van der Waals surface area contributed by atoms with E-state index in [4.69, 9.17) is 0 Å². The summed E-state index contributed by atoms with van der Waals surface area (Å²) in [7, 11) is 0. The molecule has 0 fully saturated rings. The number of ketones is 2. The minimum absolute atomic E-state index is 0.0619. The summed E-state index contributed by atoms with van der Waals surface area (Å²) in [6.07, 6.45) is 1.44. The van der Waals surface area contributed by atoms with Crippen molar-refractivity contribution in [2.45, 2.75) is 17.1 Å². The summed E-state index contributed by atoms with van der Waals surface area (Å²) in [5.41, 5.74) is 2.45. The first-order valence-corrected chi connectivity index (χ1v) is 16.1. The molecule has 3 N–H and O–H groups in total. The molecule has 1 aliphatic rings. The van der Waals surface area contributed by atoms with Gasteiger partial charge in [0.1, 0.15) is 11.5 Å². The third kappa shape index (κ3) is 7.39. The summed E-state index contributed by atoms with van der Waals surface area (Å²) in [6, 6.07) is 32.1. The maximum Gasteiger partial charge on any atom is 0.272 e. The minimum atomic E-state index is -0.636. The molecule has 10 heteroatoms. The fourth-order valence-corrected chi connectivity index (χ4v) is 6.18. The number of hydrogen-bond acceptors (Lipinski definition) is 6. The van der Waals surface area contributed by atoms with Crippen molar-refractivity contribution in [1.82, 2.24) is 5.32 Å². The molecule has 0 radical (unpaired) electrons. The monoisotopic (exact) mass is 669 g/mol. The Morgan fingerprint density at radius 1 is 0.714 bits per heavy atom. The van der Waals surface area contributed by atoms with Crippen LogP contribution in [0.3, 0.4) is 0 Å². The number of fused-ring (bicyclic) bond motifs is 2. The quantitative estimate of drug-likeness (QED) is 0.111. The average Bonchev–Trinajstić information content (AvgIpc) is 3.11. The van der Waals surface area contributed by atoms with E-state index in [0.717, 1.165) is 0 Å². The van der Waals surface area contributed by atoms with Crippen LogP contribution in [0.25, 0.3) is 6.08 Å². The van der Waals surface area contributed by atoms with Gasteiger partial charge in [0.2, 0.25) is 5.91 Å². The summed E-state index contributed by atoms with van der Waals surface area (Å²) in [6.45, 7) is 1.70. The van der Waals surface area contributed by atoms with Crippen molar-refractivity contribution >= 4 is 58.5 Å². The molecule has 0 bridgehead atoms. The number of halogens is 1. The lowest BCUT2D eigenvalue weighted by Gasteiger charge is -2.21. The van der Waals surface area contributed by atoms with Gasteiger partial charge in [-0.3, -0.25) is 24.0 Å². The smallest absolute Gasteiger partial charge is 0.272 e. The zero-order chi connectivity index (χ0) is 34.5. The van der Waals surface area contributed by atoms with E-state index in [9.17, 15) is 28.4 Å². The number of carbonyl (C=O) groups excluding carboxylic acids is 5. The van der Waals surface area contributed by atoms with Crippen molar-refractivity contribution in [3.8, 4) is 0 Å². The Kier molecular flexibility index (Phi) is 9.59. The molecule has 0 saturated heterocycles. The van der Waals surface area contributed by atoms with Crippen LogP contribution < -0.4 is 16.0 Å². The number of amides is 3. The number of nitrogens with one attached hydrogen (secondary N) is 3. The highest BCUT2D eigenvalue weighted by atomic mass is 32.2. The van der Waals surface area contributed by atoms with Gasteiger partial charge in [0.15, 0.2) is 11.6 Å². The van der Waals surface area contributed by atoms with Gasteiger partial charge in [-0.1, -0.05) is 72.8 Å². The van der Waals surface area contributed by atoms with Gasteiger partial charge in [0.05, 0.1) is 16.5 Å². The van der Waals surface area contributed by atoms with Gasteiger partial charge in [-0.05, 0) is 67.1 Å². The zero-order valence-corrected chi connectivity index (χ0v) is 26.8. The molecule has 49 heavy (non-hydrogen) atoms. The van der Waals surface area contributed by atoms with Crippen LogP contribution in [0.5, 0.6) is 0 Å². The Hall–Kier alpha value is -6.13. The molecule has 242 valence electrons. The maximum atomic E-state index is 13.5. The Bertz CT molecular complexity index is 2150. The predicted octanol–water partition coefficient (Wildman–Crippen LogP) is 7.13. The molecular weight excluding hydrogens is 642 g/mol. The van der Waals surface area contributed by atoms with Gasteiger partial charge < -0.3 is 16.0 Å². The van der Waals surface area contributed by atoms with Crippen LogP contribution >= 0.6 is 11.8 Å². The maximum absolute atomic E-state index is 13.5. The molecular formula is C39H28FN3O5S. The third-order valence-corrected chi connectivity index (χ3v) is 8.79. The number of thioether (sulfide) groups is 1. The van der Waals surface area contributed by atoms with Crippen molar-refractivity contribution in [2.24, 2.45) is 0 Å². The molecule has 0 aromatic heterocycles. The van der Waals surface area contributed by atoms with Crippen LogP contribution in [-0.2, 0) is 9.59 Å². The highest BCUT2D eigenvalue weighted by molar-refractivity contribution is 8.00. The number of rotatable bonds is 9. The summed E-state index contributed by atoms with van der Waals surface area (Å²) in [5, 5.41) is 7.61. The molecule has 8 nitrogen and oxygen atoms in total. The van der Waals surface area contributed by atoms with Crippen molar-refractivity contribution in [1.29, 1.82) is 0 Å². The molecule has 1 aliphatic carbocycles. The van der Waals surface area contributed by atoms with E-state index in [1.807, 2.05) is 0 Å². The predicted molar refractivity (Wildman–Crippen MR) is 187 cm³/mol. The standard InChI is InChI=1S/C39H28FN3O5S/c1-23(37(46)42-32-16-8-15-31-34(32)36(45)30-14-6-5-13-29(30)35(31)44)49-28-12-7-11-27(22-28)41-39(48)33(21-24-17-19-26(40)20-18-24)43-38(47)25-9-3-2-4-10-25/h2-23H,1H3,(H,41,48)(H,42,46)(H,43,47)/b33-21+. The third-order valence-electron chi connectivity index (χ3n) is 7.69. The molecule has 0 heterocycles. The fourth-order valence-electron chi connectivity index (χ4n) is 5.25. The Balaban J connectivity index is 1.16. The highest BCUT2D eigenvalue weighted by Gasteiger charge is 2.32. The van der Waals surface area contributed by atoms with Crippen LogP contribution in [0.1, 0.15) is 54.7 Å². The van der Waals surface area contributed by atoms with E-state index >= 15 is 0 Å². The van der Waals surface area contributed by atoms with Gasteiger partial charge in [0.25, 0.3) is 11.8 Å². The number of hydrogen-bond donors (Lipinski definition) is 3. The van der Waals surface area contributed by atoms with E-state index in [1.54, 1.807) is 104 Å². The molecule has 1 unspecified atom stereocenters. The number of anilines is 2. The average molecular weight is 670 g/mol. The Morgan fingerprint density at radius 2 is 1.37 bits per heavy atom. The largest absolute Gasteiger partial charge is 0.324 e. The Morgan fingerprint density at radius 3 is 2.10 bits per heavy atom. The number of carbonyl (C=O) groups is 5. The molecule has 0 saturated carbocycles. The Labute approximate surface area is 285 Å². The molecule has 6 rings (SSSR count). The first-order chi connectivity index (χ1) is 23.7. The molecule has 1 atom stereocenters. The van der Waals surface area contributed by atoms with Crippen molar-refractivity contribution < 1.29 is 28.4 Å². The second-order valence-corrected chi connectivity index (χ2v) is 12.5. The van der Waals surface area contributed by atoms with Crippen LogP contribution in [0.15, 0.2) is 132 Å². The lowest BCUT2D eigenvalue weighted by molar-refractivity contribution is -0.115. The first kappa shape index (κ1) is 32.8. The highest BCUT2D eigenvalue weighted by Crippen LogP contribution is 2.33. The second kappa shape index (κ2) is 14.3. The number of benzene rings is 5. The summed E-state index contributed by atoms with van der Waals surface area (Å²) in [5.74, 6) is -2.55. The summed E-state index contributed by atoms with van der Waals surface area (Å²) in [4.78, 5) is 66.8. The van der Waals surface area contributed by atoms with Crippen LogP contribution in [0.4, 0.5) is 15.8 Å². The summed E-state index contributed by atoms with van der Waals surface area (Å²) >= 11 is 1.22. The van der Waals surface area contributed by atoms with Crippen LogP contribution in [0, 0.1) is 5.82 Å². The van der Waals surface area contributed by atoms with Gasteiger partial charge in [-0.15, -0.1) is 11.8 Å². The normalized spacial score (nSPS) is 12.7. The van der Waals surface area contributed by atoms with E-state index in [2.05, 4.69) is 16.0 Å². The van der Waals surface area contributed by atoms with E-state index in [1.165, 1.54) is 42.1 Å². The van der Waals surface area contributed by atoms with Gasteiger partial charge in [-0.25, -0.2) is 4.39 Å². The SMILES string of the molecule is CC(Sc1cccc(NC(=O)/C(=C\c2ccc(F)cc2)NC(=O)c2ccccc2)c1)C(=O)Nc1cccc2c1C(=O)c1ccccc1C2=O. The van der Waals surface area contributed by atoms with Gasteiger partial charge in [-0.2, -0.15) is 0 Å². The fraction of sp³-hybridized carbons (Fsp3) is 0.0513. The lowest BCUT2D eigenvalue weighted by atomic mass is 9.83. The molecule has 0 aliphatic heterocycles. The minimum Gasteiger partial charge on any atom is -0.324 e. The van der Waals surface area contributed by atoms with E-state index in [-0.39, 0.29) is 40.0 Å². The summed E-state index contributed by atoms with van der Waals surface area (Å²) < 4.78 is 13.5. The molecule has 5 aromatic carbocycles. The van der Waals surface area contributed by atoms with Crippen molar-refractivity contribution in [3.05, 3.63) is 166 Å². The first-order valence-electron chi connectivity index (χ1n) is 15.2. The molecule has 0 spiro atoms. The van der Waals surface area contributed by atoms with Gasteiger partial charge >= 0.3 is 0 Å². The van der Waals surface area contributed by atoms with Crippen LogP contribution in [-0.4, -0.2) is 34.5 Å². The zero-order valence-electron chi connectivity index (χ0n) is 26.0. The second-order valence-electron chi connectivity index (χ2n) is 11.1. The van der Waals surface area contributed by atoms with Gasteiger partial charge in [0, 0.05) is 32.8 Å². The van der Waals surface area contributed by atoms with Crippen molar-refractivity contribution in [3.63, 3.8) is 0 Å².